The highest BCUT2D eigenvalue weighted by atomic mass is 16.4. The summed E-state index contributed by atoms with van der Waals surface area (Å²) in [5.74, 6) is -0.508. The van der Waals surface area contributed by atoms with Crippen LogP contribution >= 0.6 is 0 Å². The molecular weight excluding hydrogens is 292 g/mol. The number of nitrogens with one attached hydrogen (secondary N) is 1. The van der Waals surface area contributed by atoms with E-state index < -0.39 is 11.5 Å². The number of fused-ring (bicyclic) bond motifs is 1. The summed E-state index contributed by atoms with van der Waals surface area (Å²) in [6.07, 6.45) is 0. The lowest BCUT2D eigenvalue weighted by atomic mass is 10.1. The Morgan fingerprint density at radius 2 is 1.96 bits per heavy atom. The van der Waals surface area contributed by atoms with Gasteiger partial charge in [0, 0.05) is 11.9 Å². The summed E-state index contributed by atoms with van der Waals surface area (Å²) in [6.45, 7) is 0.223. The molecule has 0 unspecified atom stereocenters. The minimum Gasteiger partial charge on any atom is -0.422 e. The number of carbonyl (C=O) groups excluding carboxylic acids is 1. The summed E-state index contributed by atoms with van der Waals surface area (Å²) < 4.78 is 5.14. The molecular formula is C18H12N2O3. The third-order valence-corrected chi connectivity index (χ3v) is 3.40. The maximum Gasteiger partial charge on any atom is 0.349 e. The maximum absolute atomic E-state index is 12.2. The Bertz CT molecular complexity index is 983. The Labute approximate surface area is 131 Å². The molecule has 0 fully saturated rings. The van der Waals surface area contributed by atoms with Crippen LogP contribution in [0.4, 0.5) is 0 Å². The van der Waals surface area contributed by atoms with Crippen molar-refractivity contribution in [1.82, 2.24) is 5.32 Å². The molecule has 0 aliphatic carbocycles. The molecule has 0 bridgehead atoms. The van der Waals surface area contributed by atoms with E-state index in [0.29, 0.717) is 16.5 Å². The van der Waals surface area contributed by atoms with Gasteiger partial charge in [0.1, 0.15) is 11.1 Å². The fraction of sp³-hybridized carbons (Fsp3) is 0.0556. The summed E-state index contributed by atoms with van der Waals surface area (Å²) in [4.78, 5) is 24.1. The smallest absolute Gasteiger partial charge is 0.349 e. The van der Waals surface area contributed by atoms with Gasteiger partial charge in [-0.15, -0.1) is 0 Å². The van der Waals surface area contributed by atoms with E-state index in [0.717, 1.165) is 5.56 Å². The first kappa shape index (κ1) is 14.5. The van der Waals surface area contributed by atoms with E-state index in [9.17, 15) is 9.59 Å². The molecule has 0 spiro atoms. The van der Waals surface area contributed by atoms with Gasteiger partial charge in [0.25, 0.3) is 5.91 Å². The lowest BCUT2D eigenvalue weighted by molar-refractivity contribution is 0.0947. The predicted molar refractivity (Wildman–Crippen MR) is 84.8 cm³/mol. The van der Waals surface area contributed by atoms with Crippen molar-refractivity contribution < 1.29 is 9.21 Å². The Morgan fingerprint density at radius 1 is 1.13 bits per heavy atom. The molecule has 0 atom stereocenters. The lowest BCUT2D eigenvalue weighted by Crippen LogP contribution is -2.27. The molecule has 23 heavy (non-hydrogen) atoms. The lowest BCUT2D eigenvalue weighted by Gasteiger charge is -2.05. The highest BCUT2D eigenvalue weighted by Crippen LogP contribution is 2.12. The number of nitriles is 1. The standard InChI is InChI=1S/C18H12N2O3/c19-10-12-4-3-5-13(8-12)11-20-17(21)15-9-14-6-1-2-7-16(14)23-18(15)22/h1-9H,11H2,(H,20,21). The molecule has 0 saturated heterocycles. The largest absolute Gasteiger partial charge is 0.422 e. The molecule has 1 amide bonds. The molecule has 2 aromatic carbocycles. The van der Waals surface area contributed by atoms with Crippen molar-refractivity contribution in [1.29, 1.82) is 5.26 Å². The van der Waals surface area contributed by atoms with Crippen LogP contribution < -0.4 is 10.9 Å². The van der Waals surface area contributed by atoms with E-state index >= 15 is 0 Å². The number of amides is 1. The molecule has 5 heteroatoms. The van der Waals surface area contributed by atoms with E-state index in [2.05, 4.69) is 5.32 Å². The summed E-state index contributed by atoms with van der Waals surface area (Å²) in [5, 5.41) is 12.2. The summed E-state index contributed by atoms with van der Waals surface area (Å²) in [6, 6.07) is 17.5. The molecule has 0 radical (unpaired) electrons. The first-order chi connectivity index (χ1) is 11.2. The average Bonchev–Trinajstić information content (AvgIpc) is 2.59. The van der Waals surface area contributed by atoms with Gasteiger partial charge >= 0.3 is 5.63 Å². The van der Waals surface area contributed by atoms with Crippen molar-refractivity contribution in [3.05, 3.63) is 81.7 Å². The zero-order chi connectivity index (χ0) is 16.2. The third-order valence-electron chi connectivity index (χ3n) is 3.40. The van der Waals surface area contributed by atoms with Gasteiger partial charge in [0.15, 0.2) is 0 Å². The number of benzene rings is 2. The normalized spacial score (nSPS) is 10.2. The molecule has 112 valence electrons. The van der Waals surface area contributed by atoms with Crippen molar-refractivity contribution in [2.24, 2.45) is 0 Å². The number of carbonyl (C=O) groups is 1. The van der Waals surface area contributed by atoms with Crippen LogP contribution in [-0.2, 0) is 6.54 Å². The fourth-order valence-electron chi connectivity index (χ4n) is 2.25. The van der Waals surface area contributed by atoms with Gasteiger partial charge in [0.2, 0.25) is 0 Å². The molecule has 5 nitrogen and oxygen atoms in total. The van der Waals surface area contributed by atoms with Gasteiger partial charge in [-0.2, -0.15) is 5.26 Å². The fourth-order valence-corrected chi connectivity index (χ4v) is 2.25. The second-order valence-electron chi connectivity index (χ2n) is 4.98. The molecule has 3 rings (SSSR count). The highest BCUT2D eigenvalue weighted by Gasteiger charge is 2.13. The Balaban J connectivity index is 1.82. The molecule has 0 aliphatic rings. The molecule has 0 saturated carbocycles. The first-order valence-corrected chi connectivity index (χ1v) is 6.97. The van der Waals surface area contributed by atoms with Crippen molar-refractivity contribution >= 4 is 16.9 Å². The highest BCUT2D eigenvalue weighted by molar-refractivity contribution is 5.96. The van der Waals surface area contributed by atoms with Crippen molar-refractivity contribution in [3.63, 3.8) is 0 Å². The van der Waals surface area contributed by atoms with Gasteiger partial charge in [-0.05, 0) is 29.8 Å². The van der Waals surface area contributed by atoms with E-state index in [-0.39, 0.29) is 12.1 Å². The minimum atomic E-state index is -0.674. The van der Waals surface area contributed by atoms with Gasteiger partial charge in [0.05, 0.1) is 11.6 Å². The zero-order valence-corrected chi connectivity index (χ0v) is 12.1. The molecule has 1 N–H and O–H groups in total. The minimum absolute atomic E-state index is 0.0415. The van der Waals surface area contributed by atoms with Gasteiger partial charge in [-0.3, -0.25) is 4.79 Å². The molecule has 1 aromatic heterocycles. The van der Waals surface area contributed by atoms with Gasteiger partial charge < -0.3 is 9.73 Å². The quantitative estimate of drug-likeness (QED) is 0.754. The Kier molecular flexibility index (Phi) is 3.89. The molecule has 3 aromatic rings. The number of hydrogen-bond donors (Lipinski definition) is 1. The summed E-state index contributed by atoms with van der Waals surface area (Å²) in [7, 11) is 0. The van der Waals surface area contributed by atoms with Crippen LogP contribution in [0.25, 0.3) is 11.0 Å². The van der Waals surface area contributed by atoms with Crippen LogP contribution in [0, 0.1) is 11.3 Å². The number of rotatable bonds is 3. The molecule has 0 aliphatic heterocycles. The molecule has 1 heterocycles. The number of para-hydroxylation sites is 1. The predicted octanol–water partition coefficient (Wildman–Crippen LogP) is 2.59. The average molecular weight is 304 g/mol. The van der Waals surface area contributed by atoms with E-state index in [1.807, 2.05) is 6.07 Å². The van der Waals surface area contributed by atoms with Crippen LogP contribution in [0.5, 0.6) is 0 Å². The SMILES string of the molecule is N#Cc1cccc(CNC(=O)c2cc3ccccc3oc2=O)c1. The maximum atomic E-state index is 12.2. The van der Waals surface area contributed by atoms with Gasteiger partial charge in [-0.25, -0.2) is 4.79 Å². The summed E-state index contributed by atoms with van der Waals surface area (Å²) in [5.41, 5.74) is 1.02. The number of hydrogen-bond acceptors (Lipinski definition) is 4. The van der Waals surface area contributed by atoms with Crippen LogP contribution in [0.2, 0.25) is 0 Å². The van der Waals surface area contributed by atoms with Crippen molar-refractivity contribution in [2.45, 2.75) is 6.54 Å². The van der Waals surface area contributed by atoms with Crippen LogP contribution in [0.3, 0.4) is 0 Å². The first-order valence-electron chi connectivity index (χ1n) is 6.97. The van der Waals surface area contributed by atoms with E-state index in [4.69, 9.17) is 9.68 Å². The topological polar surface area (TPSA) is 83.1 Å². The van der Waals surface area contributed by atoms with Crippen molar-refractivity contribution in [2.75, 3.05) is 0 Å². The second-order valence-corrected chi connectivity index (χ2v) is 4.98. The van der Waals surface area contributed by atoms with Crippen molar-refractivity contribution in [3.8, 4) is 6.07 Å². The van der Waals surface area contributed by atoms with Crippen LogP contribution in [0.1, 0.15) is 21.5 Å². The van der Waals surface area contributed by atoms with Crippen LogP contribution in [0.15, 0.2) is 63.8 Å². The van der Waals surface area contributed by atoms with Crippen LogP contribution in [-0.4, -0.2) is 5.91 Å². The summed E-state index contributed by atoms with van der Waals surface area (Å²) >= 11 is 0. The second kappa shape index (κ2) is 6.16. The third kappa shape index (κ3) is 3.11. The number of nitrogens with zero attached hydrogens (tertiary/aromatic N) is 1. The van der Waals surface area contributed by atoms with E-state index in [1.54, 1.807) is 48.5 Å². The van der Waals surface area contributed by atoms with Gasteiger partial charge in [-0.1, -0.05) is 30.3 Å². The Hall–Kier alpha value is -3.39. The van der Waals surface area contributed by atoms with E-state index in [1.165, 1.54) is 6.07 Å². The monoisotopic (exact) mass is 304 g/mol. The zero-order valence-electron chi connectivity index (χ0n) is 12.1. The Morgan fingerprint density at radius 3 is 2.78 bits per heavy atom.